The van der Waals surface area contributed by atoms with Crippen LogP contribution < -0.4 is 0 Å². The molecular formula is C26H27N3O2. The first-order chi connectivity index (χ1) is 15.0. The Morgan fingerprint density at radius 2 is 1.77 bits per heavy atom. The minimum atomic E-state index is -0.342. The van der Waals surface area contributed by atoms with E-state index in [0.29, 0.717) is 11.6 Å². The summed E-state index contributed by atoms with van der Waals surface area (Å²) in [6, 6.07) is 18.4. The van der Waals surface area contributed by atoms with Crippen LogP contribution in [0.15, 0.2) is 67.0 Å². The highest BCUT2D eigenvalue weighted by Gasteiger charge is 2.22. The number of hydrogen-bond donors (Lipinski definition) is 1. The number of hydrogen-bond acceptors (Lipinski definition) is 4. The third-order valence-corrected chi connectivity index (χ3v) is 5.82. The molecule has 4 rings (SSSR count). The first kappa shape index (κ1) is 20.8. The second-order valence-corrected chi connectivity index (χ2v) is 8.04. The summed E-state index contributed by atoms with van der Waals surface area (Å²) in [6.07, 6.45) is 4.55. The van der Waals surface area contributed by atoms with Crippen LogP contribution in [0.1, 0.15) is 23.0 Å². The van der Waals surface area contributed by atoms with Gasteiger partial charge in [-0.15, -0.1) is 0 Å². The van der Waals surface area contributed by atoms with Gasteiger partial charge in [0.15, 0.2) is 0 Å². The van der Waals surface area contributed by atoms with Gasteiger partial charge in [0.25, 0.3) is 0 Å². The van der Waals surface area contributed by atoms with Crippen molar-refractivity contribution in [1.82, 2.24) is 14.9 Å². The van der Waals surface area contributed by atoms with Gasteiger partial charge in [0.05, 0.1) is 12.7 Å². The molecule has 31 heavy (non-hydrogen) atoms. The molecule has 0 radical (unpaired) electrons. The van der Waals surface area contributed by atoms with Crippen molar-refractivity contribution in [3.63, 3.8) is 0 Å². The van der Waals surface area contributed by atoms with E-state index in [9.17, 15) is 4.79 Å². The van der Waals surface area contributed by atoms with Crippen molar-refractivity contribution in [3.05, 3.63) is 78.2 Å². The molecule has 5 nitrogen and oxygen atoms in total. The normalized spacial score (nSPS) is 12.3. The summed E-state index contributed by atoms with van der Waals surface area (Å²) in [6.45, 7) is 2.19. The van der Waals surface area contributed by atoms with E-state index >= 15 is 0 Å². The van der Waals surface area contributed by atoms with Gasteiger partial charge in [-0.1, -0.05) is 36.4 Å². The second-order valence-electron chi connectivity index (χ2n) is 8.04. The van der Waals surface area contributed by atoms with Crippen molar-refractivity contribution in [2.75, 3.05) is 21.2 Å². The zero-order chi connectivity index (χ0) is 22.0. The minimum absolute atomic E-state index is 0.318. The SMILES string of the molecule is COC(=O)c1cccc2[nH]c(CC(C)N(C)C)c(-c3cncc(-c4ccccc4)c3)c12. The van der Waals surface area contributed by atoms with E-state index in [1.54, 1.807) is 0 Å². The Morgan fingerprint density at radius 1 is 1.03 bits per heavy atom. The summed E-state index contributed by atoms with van der Waals surface area (Å²) in [5, 5.41) is 0.877. The van der Waals surface area contributed by atoms with Crippen LogP contribution in [-0.2, 0) is 11.2 Å². The van der Waals surface area contributed by atoms with E-state index in [2.05, 4.69) is 54.1 Å². The van der Waals surface area contributed by atoms with E-state index in [-0.39, 0.29) is 5.97 Å². The number of methoxy groups -OCH3 is 1. The topological polar surface area (TPSA) is 58.2 Å². The number of benzene rings is 2. The van der Waals surface area contributed by atoms with E-state index in [1.165, 1.54) is 7.11 Å². The molecule has 158 valence electrons. The van der Waals surface area contributed by atoms with Crippen LogP contribution in [0.2, 0.25) is 0 Å². The van der Waals surface area contributed by atoms with Crippen molar-refractivity contribution in [3.8, 4) is 22.3 Å². The number of aromatic nitrogens is 2. The fourth-order valence-corrected chi connectivity index (χ4v) is 3.90. The van der Waals surface area contributed by atoms with Crippen LogP contribution >= 0.6 is 0 Å². The fraction of sp³-hybridized carbons (Fsp3) is 0.231. The Balaban J connectivity index is 1.96. The number of fused-ring (bicyclic) bond motifs is 1. The number of nitrogens with zero attached hydrogens (tertiary/aromatic N) is 2. The number of pyridine rings is 1. The van der Waals surface area contributed by atoms with Crippen molar-refractivity contribution in [1.29, 1.82) is 0 Å². The molecule has 0 saturated carbocycles. The number of H-pyrrole nitrogens is 1. The number of esters is 1. The number of likely N-dealkylation sites (N-methyl/N-ethyl adjacent to an activating group) is 1. The minimum Gasteiger partial charge on any atom is -0.465 e. The van der Waals surface area contributed by atoms with Gasteiger partial charge in [-0.2, -0.15) is 0 Å². The molecule has 5 heteroatoms. The number of nitrogens with one attached hydrogen (secondary N) is 1. The number of ether oxygens (including phenoxy) is 1. The van der Waals surface area contributed by atoms with Crippen LogP contribution in [0.5, 0.6) is 0 Å². The molecule has 0 bridgehead atoms. The van der Waals surface area contributed by atoms with Gasteiger partial charge in [-0.25, -0.2) is 4.79 Å². The Bertz CT molecular complexity index is 1210. The lowest BCUT2D eigenvalue weighted by atomic mass is 9.95. The summed E-state index contributed by atoms with van der Waals surface area (Å²) in [7, 11) is 5.56. The van der Waals surface area contributed by atoms with E-state index in [1.807, 2.05) is 48.8 Å². The highest BCUT2D eigenvalue weighted by molar-refractivity contribution is 6.11. The fourth-order valence-electron chi connectivity index (χ4n) is 3.90. The standard InChI is InChI=1S/C26H27N3O2/c1-17(29(2)3)13-23-24(25-21(26(30)31-4)11-8-12-22(25)28-23)20-14-19(15-27-16-20)18-9-6-5-7-10-18/h5-12,14-17,28H,13H2,1-4H3. The lowest BCUT2D eigenvalue weighted by molar-refractivity contribution is 0.0603. The molecule has 1 unspecified atom stereocenters. The van der Waals surface area contributed by atoms with Crippen LogP contribution in [0.25, 0.3) is 33.2 Å². The summed E-state index contributed by atoms with van der Waals surface area (Å²) in [5.74, 6) is -0.342. The maximum absolute atomic E-state index is 12.6. The molecule has 0 aliphatic carbocycles. The van der Waals surface area contributed by atoms with Gasteiger partial charge in [0.2, 0.25) is 0 Å². The molecule has 0 amide bonds. The highest BCUT2D eigenvalue weighted by atomic mass is 16.5. The summed E-state index contributed by atoms with van der Waals surface area (Å²) < 4.78 is 5.08. The molecule has 4 aromatic rings. The summed E-state index contributed by atoms with van der Waals surface area (Å²) in [5.41, 5.74) is 6.69. The summed E-state index contributed by atoms with van der Waals surface area (Å²) >= 11 is 0. The van der Waals surface area contributed by atoms with Gasteiger partial charge in [0, 0.05) is 58.1 Å². The second kappa shape index (κ2) is 8.74. The molecule has 2 aromatic heterocycles. The number of carbonyl (C=O) groups excluding carboxylic acids is 1. The monoisotopic (exact) mass is 413 g/mol. The maximum atomic E-state index is 12.6. The molecular weight excluding hydrogens is 386 g/mol. The average molecular weight is 414 g/mol. The smallest absolute Gasteiger partial charge is 0.338 e. The Labute approximate surface area is 182 Å². The third kappa shape index (κ3) is 4.09. The van der Waals surface area contributed by atoms with Gasteiger partial charge >= 0.3 is 5.97 Å². The predicted molar refractivity (Wildman–Crippen MR) is 125 cm³/mol. The lowest BCUT2D eigenvalue weighted by Crippen LogP contribution is -2.27. The van der Waals surface area contributed by atoms with Crippen molar-refractivity contribution in [2.24, 2.45) is 0 Å². The van der Waals surface area contributed by atoms with Crippen LogP contribution in [0.4, 0.5) is 0 Å². The van der Waals surface area contributed by atoms with Gasteiger partial charge < -0.3 is 14.6 Å². The van der Waals surface area contributed by atoms with Crippen LogP contribution in [0.3, 0.4) is 0 Å². The molecule has 0 fully saturated rings. The molecule has 0 aliphatic heterocycles. The average Bonchev–Trinajstić information content (AvgIpc) is 3.17. The lowest BCUT2D eigenvalue weighted by Gasteiger charge is -2.20. The maximum Gasteiger partial charge on any atom is 0.338 e. The Hall–Kier alpha value is -3.44. The molecule has 2 aromatic carbocycles. The van der Waals surface area contributed by atoms with Crippen LogP contribution in [-0.4, -0.2) is 48.1 Å². The van der Waals surface area contributed by atoms with Gasteiger partial charge in [0.1, 0.15) is 0 Å². The van der Waals surface area contributed by atoms with E-state index in [0.717, 1.165) is 45.3 Å². The Morgan fingerprint density at radius 3 is 2.48 bits per heavy atom. The molecule has 0 spiro atoms. The van der Waals surface area contributed by atoms with Crippen LogP contribution in [0, 0.1) is 0 Å². The molecule has 0 saturated heterocycles. The zero-order valence-electron chi connectivity index (χ0n) is 18.3. The Kier molecular flexibility index (Phi) is 5.87. The first-order valence-electron chi connectivity index (χ1n) is 10.4. The van der Waals surface area contributed by atoms with E-state index in [4.69, 9.17) is 4.74 Å². The quantitative estimate of drug-likeness (QED) is 0.443. The highest BCUT2D eigenvalue weighted by Crippen LogP contribution is 2.37. The number of rotatable bonds is 6. The number of carbonyl (C=O) groups is 1. The molecule has 1 atom stereocenters. The first-order valence-corrected chi connectivity index (χ1v) is 10.4. The van der Waals surface area contributed by atoms with Gasteiger partial charge in [-0.3, -0.25) is 4.98 Å². The van der Waals surface area contributed by atoms with E-state index < -0.39 is 0 Å². The third-order valence-electron chi connectivity index (χ3n) is 5.82. The molecule has 1 N–H and O–H groups in total. The van der Waals surface area contributed by atoms with Crippen molar-refractivity contribution >= 4 is 16.9 Å². The van der Waals surface area contributed by atoms with Crippen molar-refractivity contribution in [2.45, 2.75) is 19.4 Å². The van der Waals surface area contributed by atoms with Gasteiger partial charge in [-0.05, 0) is 44.8 Å². The van der Waals surface area contributed by atoms with Crippen molar-refractivity contribution < 1.29 is 9.53 Å². The molecule has 2 heterocycles. The zero-order valence-corrected chi connectivity index (χ0v) is 18.3. The largest absolute Gasteiger partial charge is 0.465 e. The predicted octanol–water partition coefficient (Wildman–Crippen LogP) is 5.18. The summed E-state index contributed by atoms with van der Waals surface area (Å²) in [4.78, 5) is 22.9. The number of aromatic amines is 1. The molecule has 0 aliphatic rings.